The molecule has 6 heteroatoms. The zero-order valence-electron chi connectivity index (χ0n) is 10.4. The van der Waals surface area contributed by atoms with Gasteiger partial charge in [-0.1, -0.05) is 0 Å². The van der Waals surface area contributed by atoms with E-state index in [1.165, 1.54) is 0 Å². The quantitative estimate of drug-likeness (QED) is 0.799. The van der Waals surface area contributed by atoms with Crippen LogP contribution in [0.15, 0.2) is 0 Å². The van der Waals surface area contributed by atoms with Crippen molar-refractivity contribution >= 4 is 17.4 Å². The molecule has 1 aliphatic heterocycles. The van der Waals surface area contributed by atoms with Gasteiger partial charge in [-0.2, -0.15) is 5.10 Å². The second kappa shape index (κ2) is 4.03. The molecule has 1 aromatic rings. The summed E-state index contributed by atoms with van der Waals surface area (Å²) in [5.41, 5.74) is 6.32. The third kappa shape index (κ3) is 2.00. The molecule has 3 N–H and O–H groups in total. The number of nitrogen functional groups attached to an aromatic ring is 1. The first-order valence-electron chi connectivity index (χ1n) is 5.68. The van der Waals surface area contributed by atoms with Gasteiger partial charge in [-0.25, -0.2) is 0 Å². The molecule has 0 aromatic carbocycles. The number of carbonyl (C=O) groups is 1. The number of nitrogens with zero attached hydrogens (tertiary/aromatic N) is 2. The summed E-state index contributed by atoms with van der Waals surface area (Å²) >= 11 is 0. The van der Waals surface area contributed by atoms with E-state index >= 15 is 0 Å². The second-order valence-electron chi connectivity index (χ2n) is 4.61. The van der Waals surface area contributed by atoms with Crippen LogP contribution in [0.5, 0.6) is 0 Å². The number of aromatic nitrogens is 2. The van der Waals surface area contributed by atoms with E-state index in [9.17, 15) is 4.79 Å². The lowest BCUT2D eigenvalue weighted by molar-refractivity contribution is -0.133. The molecule has 0 spiro atoms. The van der Waals surface area contributed by atoms with E-state index in [0.717, 1.165) is 12.8 Å². The Morgan fingerprint density at radius 1 is 1.65 bits per heavy atom. The molecule has 1 saturated heterocycles. The van der Waals surface area contributed by atoms with Crippen LogP contribution in [0, 0.1) is 6.92 Å². The number of nitrogens with two attached hydrogens (primary N) is 1. The fourth-order valence-electron chi connectivity index (χ4n) is 2.02. The number of rotatable bonds is 2. The van der Waals surface area contributed by atoms with Crippen molar-refractivity contribution in [2.24, 2.45) is 7.05 Å². The van der Waals surface area contributed by atoms with E-state index in [2.05, 4.69) is 10.4 Å². The summed E-state index contributed by atoms with van der Waals surface area (Å²) in [6.45, 7) is 4.23. The summed E-state index contributed by atoms with van der Waals surface area (Å²) in [7, 11) is 1.75. The van der Waals surface area contributed by atoms with Crippen molar-refractivity contribution in [3.05, 3.63) is 5.69 Å². The Balaban J connectivity index is 2.18. The lowest BCUT2D eigenvalue weighted by Gasteiger charge is -2.21. The summed E-state index contributed by atoms with van der Waals surface area (Å²) < 4.78 is 7.05. The Labute approximate surface area is 100 Å². The molecular formula is C11H18N4O2. The van der Waals surface area contributed by atoms with Gasteiger partial charge in [-0.3, -0.25) is 9.48 Å². The first kappa shape index (κ1) is 11.9. The van der Waals surface area contributed by atoms with Gasteiger partial charge >= 0.3 is 0 Å². The lowest BCUT2D eigenvalue weighted by Crippen LogP contribution is -2.39. The Morgan fingerprint density at radius 3 is 2.82 bits per heavy atom. The Bertz CT molecular complexity index is 447. The van der Waals surface area contributed by atoms with E-state index in [1.54, 1.807) is 25.6 Å². The maximum atomic E-state index is 12.1. The van der Waals surface area contributed by atoms with Gasteiger partial charge in [0.05, 0.1) is 11.4 Å². The molecule has 1 aromatic heterocycles. The fraction of sp³-hybridized carbons (Fsp3) is 0.636. The topological polar surface area (TPSA) is 82.2 Å². The molecule has 2 heterocycles. The number of carbonyl (C=O) groups excluding carboxylic acids is 1. The second-order valence-corrected chi connectivity index (χ2v) is 4.61. The number of ether oxygens (including phenoxy) is 1. The van der Waals surface area contributed by atoms with Crippen molar-refractivity contribution in [2.75, 3.05) is 17.7 Å². The van der Waals surface area contributed by atoms with Crippen molar-refractivity contribution in [3.63, 3.8) is 0 Å². The molecule has 0 aliphatic carbocycles. The zero-order valence-corrected chi connectivity index (χ0v) is 10.4. The number of hydrogen-bond acceptors (Lipinski definition) is 4. The maximum absolute atomic E-state index is 12.1. The molecule has 1 amide bonds. The molecular weight excluding hydrogens is 220 g/mol. The maximum Gasteiger partial charge on any atom is 0.257 e. The molecule has 1 atom stereocenters. The largest absolute Gasteiger partial charge is 0.394 e. The SMILES string of the molecule is Cc1nn(C)c(NC(=O)C2(C)CCCO2)c1N. The summed E-state index contributed by atoms with van der Waals surface area (Å²) in [6.07, 6.45) is 1.64. The van der Waals surface area contributed by atoms with Crippen molar-refractivity contribution in [1.82, 2.24) is 9.78 Å². The first-order valence-corrected chi connectivity index (χ1v) is 5.68. The van der Waals surface area contributed by atoms with E-state index in [1.807, 2.05) is 0 Å². The molecule has 1 aliphatic rings. The van der Waals surface area contributed by atoms with Crippen molar-refractivity contribution in [2.45, 2.75) is 32.3 Å². The molecule has 94 valence electrons. The normalized spacial score (nSPS) is 23.9. The summed E-state index contributed by atoms with van der Waals surface area (Å²) in [5, 5.41) is 6.94. The van der Waals surface area contributed by atoms with Gasteiger partial charge in [-0.05, 0) is 26.7 Å². The highest BCUT2D eigenvalue weighted by molar-refractivity contribution is 5.98. The third-order valence-electron chi connectivity index (χ3n) is 3.20. The Kier molecular flexibility index (Phi) is 2.82. The van der Waals surface area contributed by atoms with Crippen LogP contribution in [0.2, 0.25) is 0 Å². The standard InChI is InChI=1S/C11H18N4O2/c1-7-8(12)9(15(3)14-7)13-10(16)11(2)5-4-6-17-11/h4-6,12H2,1-3H3,(H,13,16). The highest BCUT2D eigenvalue weighted by Crippen LogP contribution is 2.28. The summed E-state index contributed by atoms with van der Waals surface area (Å²) in [4.78, 5) is 12.1. The van der Waals surface area contributed by atoms with Crippen LogP contribution in [-0.4, -0.2) is 27.9 Å². The van der Waals surface area contributed by atoms with Crippen LogP contribution in [0.1, 0.15) is 25.5 Å². The Hall–Kier alpha value is -1.56. The molecule has 0 bridgehead atoms. The summed E-state index contributed by atoms with van der Waals surface area (Å²) in [5.74, 6) is 0.369. The lowest BCUT2D eigenvalue weighted by atomic mass is 10.0. The van der Waals surface area contributed by atoms with Gasteiger partial charge < -0.3 is 15.8 Å². The highest BCUT2D eigenvalue weighted by Gasteiger charge is 2.38. The average molecular weight is 238 g/mol. The van der Waals surface area contributed by atoms with Crippen LogP contribution in [-0.2, 0) is 16.6 Å². The van der Waals surface area contributed by atoms with Crippen molar-refractivity contribution in [1.29, 1.82) is 0 Å². The third-order valence-corrected chi connectivity index (χ3v) is 3.20. The average Bonchev–Trinajstić information content (AvgIpc) is 2.80. The van der Waals surface area contributed by atoms with Crippen molar-refractivity contribution < 1.29 is 9.53 Å². The minimum atomic E-state index is -0.745. The molecule has 0 saturated carbocycles. The number of hydrogen-bond donors (Lipinski definition) is 2. The fourth-order valence-corrected chi connectivity index (χ4v) is 2.02. The zero-order chi connectivity index (χ0) is 12.6. The van der Waals surface area contributed by atoms with Gasteiger partial charge in [-0.15, -0.1) is 0 Å². The van der Waals surface area contributed by atoms with Crippen molar-refractivity contribution in [3.8, 4) is 0 Å². The highest BCUT2D eigenvalue weighted by atomic mass is 16.5. The predicted octanol–water partition coefficient (Wildman–Crippen LogP) is 0.818. The van der Waals surface area contributed by atoms with Crippen LogP contribution in [0.3, 0.4) is 0 Å². The van der Waals surface area contributed by atoms with Gasteiger partial charge in [0.1, 0.15) is 5.60 Å². The minimum Gasteiger partial charge on any atom is -0.394 e. The summed E-state index contributed by atoms with van der Waals surface area (Å²) in [6, 6.07) is 0. The number of anilines is 2. The van der Waals surface area contributed by atoms with Crippen LogP contribution in [0.25, 0.3) is 0 Å². The molecule has 6 nitrogen and oxygen atoms in total. The minimum absolute atomic E-state index is 0.162. The number of aryl methyl sites for hydroxylation is 2. The number of nitrogens with one attached hydrogen (secondary N) is 1. The smallest absolute Gasteiger partial charge is 0.257 e. The van der Waals surface area contributed by atoms with E-state index in [4.69, 9.17) is 10.5 Å². The van der Waals surface area contributed by atoms with Gasteiger partial charge in [0.2, 0.25) is 0 Å². The first-order chi connectivity index (χ1) is 7.94. The van der Waals surface area contributed by atoms with Gasteiger partial charge in [0.25, 0.3) is 5.91 Å². The molecule has 0 radical (unpaired) electrons. The predicted molar refractivity (Wildman–Crippen MR) is 64.6 cm³/mol. The molecule has 2 rings (SSSR count). The molecule has 17 heavy (non-hydrogen) atoms. The molecule has 1 fully saturated rings. The van der Waals surface area contributed by atoms with Gasteiger partial charge in [0.15, 0.2) is 5.82 Å². The van der Waals surface area contributed by atoms with Crippen LogP contribution < -0.4 is 11.1 Å². The van der Waals surface area contributed by atoms with Crippen LogP contribution >= 0.6 is 0 Å². The van der Waals surface area contributed by atoms with E-state index in [-0.39, 0.29) is 5.91 Å². The van der Waals surface area contributed by atoms with E-state index in [0.29, 0.717) is 23.8 Å². The van der Waals surface area contributed by atoms with Crippen LogP contribution in [0.4, 0.5) is 11.5 Å². The molecule has 1 unspecified atom stereocenters. The monoisotopic (exact) mass is 238 g/mol. The van der Waals surface area contributed by atoms with Gasteiger partial charge in [0, 0.05) is 13.7 Å². The number of amides is 1. The Morgan fingerprint density at radius 2 is 2.35 bits per heavy atom. The van der Waals surface area contributed by atoms with E-state index < -0.39 is 5.60 Å².